The zero-order valence-corrected chi connectivity index (χ0v) is 14.4. The summed E-state index contributed by atoms with van der Waals surface area (Å²) >= 11 is 0. The van der Waals surface area contributed by atoms with Gasteiger partial charge < -0.3 is 20.2 Å². The van der Waals surface area contributed by atoms with Crippen LogP contribution in [0.15, 0.2) is 22.6 Å². The van der Waals surface area contributed by atoms with E-state index in [1.165, 1.54) is 12.1 Å². The minimum atomic E-state index is -0.311. The molecule has 0 aliphatic carbocycles. The predicted octanol–water partition coefficient (Wildman–Crippen LogP) is 3.48. The van der Waals surface area contributed by atoms with Gasteiger partial charge >= 0.3 is 6.03 Å². The highest BCUT2D eigenvalue weighted by Gasteiger charge is 2.16. The number of aliphatic hydroxyl groups excluding tert-OH is 1. The van der Waals surface area contributed by atoms with Gasteiger partial charge in [0.25, 0.3) is 0 Å². The highest BCUT2D eigenvalue weighted by Crippen LogP contribution is 2.25. The lowest BCUT2D eigenvalue weighted by molar-refractivity contribution is 0.148. The predicted molar refractivity (Wildman–Crippen MR) is 91.2 cm³/mol. The number of carbonyl (C=O) groups excluding carboxylic acids is 1. The molecule has 0 spiro atoms. The molecule has 0 atom stereocenters. The number of aryl methyl sites for hydroxylation is 1. The van der Waals surface area contributed by atoms with Gasteiger partial charge in [-0.15, -0.1) is 0 Å². The maximum absolute atomic E-state index is 13.3. The fraction of sp³-hybridized carbons (Fsp3) is 0.500. The number of aliphatic hydroxyl groups is 1. The molecule has 0 unspecified atom stereocenters. The smallest absolute Gasteiger partial charge is 0.315 e. The molecule has 2 aromatic rings. The topological polar surface area (TPSA) is 74.5 Å². The van der Waals surface area contributed by atoms with E-state index in [0.29, 0.717) is 17.9 Å². The molecule has 2 amide bonds. The first-order valence-corrected chi connectivity index (χ1v) is 8.12. The number of amides is 2. The van der Waals surface area contributed by atoms with Gasteiger partial charge in [0.1, 0.15) is 17.2 Å². The van der Waals surface area contributed by atoms with Crippen molar-refractivity contribution in [2.45, 2.75) is 40.2 Å². The molecular weight excluding hydrogens is 311 g/mol. The van der Waals surface area contributed by atoms with Crippen molar-refractivity contribution in [2.75, 3.05) is 13.2 Å². The zero-order valence-electron chi connectivity index (χ0n) is 14.4. The maximum Gasteiger partial charge on any atom is 0.315 e. The van der Waals surface area contributed by atoms with Gasteiger partial charge in [-0.2, -0.15) is 0 Å². The van der Waals surface area contributed by atoms with E-state index in [2.05, 4.69) is 10.6 Å². The summed E-state index contributed by atoms with van der Waals surface area (Å²) in [6.45, 7) is 6.73. The molecule has 3 N–H and O–H groups in total. The molecule has 1 aromatic carbocycles. The van der Waals surface area contributed by atoms with Gasteiger partial charge in [-0.05, 0) is 43.4 Å². The Kier molecular flexibility index (Phi) is 5.83. The molecule has 0 bridgehead atoms. The molecule has 6 heteroatoms. The van der Waals surface area contributed by atoms with Crippen molar-refractivity contribution in [3.8, 4) is 0 Å². The van der Waals surface area contributed by atoms with Crippen LogP contribution in [-0.2, 0) is 6.54 Å². The lowest BCUT2D eigenvalue weighted by Crippen LogP contribution is -2.36. The first-order valence-electron chi connectivity index (χ1n) is 8.12. The van der Waals surface area contributed by atoms with E-state index in [9.17, 15) is 14.3 Å². The summed E-state index contributed by atoms with van der Waals surface area (Å²) in [5.41, 5.74) is 1.31. The third-order valence-electron chi connectivity index (χ3n) is 4.15. The molecule has 1 heterocycles. The van der Waals surface area contributed by atoms with Crippen LogP contribution in [0, 0.1) is 18.2 Å². The number of nitrogens with one attached hydrogen (secondary N) is 2. The van der Waals surface area contributed by atoms with Crippen LogP contribution in [0.3, 0.4) is 0 Å². The summed E-state index contributed by atoms with van der Waals surface area (Å²) in [4.78, 5) is 11.8. The van der Waals surface area contributed by atoms with E-state index in [1.807, 2.05) is 20.8 Å². The zero-order chi connectivity index (χ0) is 17.7. The van der Waals surface area contributed by atoms with E-state index >= 15 is 0 Å². The van der Waals surface area contributed by atoms with Crippen molar-refractivity contribution in [1.82, 2.24) is 10.6 Å². The van der Waals surface area contributed by atoms with Crippen LogP contribution in [0.4, 0.5) is 9.18 Å². The molecule has 5 nitrogen and oxygen atoms in total. The highest BCUT2D eigenvalue weighted by atomic mass is 19.1. The summed E-state index contributed by atoms with van der Waals surface area (Å²) in [6, 6.07) is 4.09. The van der Waals surface area contributed by atoms with Crippen LogP contribution in [0.25, 0.3) is 11.0 Å². The van der Waals surface area contributed by atoms with E-state index in [0.717, 1.165) is 23.8 Å². The lowest BCUT2D eigenvalue weighted by atomic mass is 9.89. The molecule has 0 saturated heterocycles. The van der Waals surface area contributed by atoms with Crippen molar-refractivity contribution < 1.29 is 18.7 Å². The first kappa shape index (κ1) is 18.3. The summed E-state index contributed by atoms with van der Waals surface area (Å²) in [5.74, 6) is 0.307. The average molecular weight is 336 g/mol. The Morgan fingerprint density at radius 2 is 2.08 bits per heavy atom. The number of urea groups is 1. The second-order valence-electron chi connectivity index (χ2n) is 6.83. The van der Waals surface area contributed by atoms with Crippen molar-refractivity contribution in [2.24, 2.45) is 5.41 Å². The summed E-state index contributed by atoms with van der Waals surface area (Å²) in [6.07, 6.45) is 1.63. The Labute approximate surface area is 141 Å². The SMILES string of the molecule is Cc1c(CNC(=O)NCCCC(C)(C)CO)oc2ccc(F)cc12. The summed E-state index contributed by atoms with van der Waals surface area (Å²) < 4.78 is 18.9. The Hall–Kier alpha value is -2.08. The number of halogens is 1. The molecule has 0 aliphatic heterocycles. The van der Waals surface area contributed by atoms with E-state index in [1.54, 1.807) is 6.07 Å². The number of carbonyl (C=O) groups is 1. The van der Waals surface area contributed by atoms with Gasteiger partial charge in [0.05, 0.1) is 6.54 Å². The maximum atomic E-state index is 13.3. The highest BCUT2D eigenvalue weighted by molar-refractivity contribution is 5.82. The normalized spacial score (nSPS) is 11.7. The van der Waals surface area contributed by atoms with E-state index < -0.39 is 0 Å². The quantitative estimate of drug-likeness (QED) is 0.678. The van der Waals surface area contributed by atoms with Crippen molar-refractivity contribution in [3.05, 3.63) is 35.3 Å². The molecule has 2 rings (SSSR count). The molecule has 24 heavy (non-hydrogen) atoms. The minimum Gasteiger partial charge on any atom is -0.459 e. The van der Waals surface area contributed by atoms with E-state index in [-0.39, 0.29) is 30.4 Å². The van der Waals surface area contributed by atoms with Gasteiger partial charge in [0.15, 0.2) is 0 Å². The van der Waals surface area contributed by atoms with Gasteiger partial charge in [-0.1, -0.05) is 13.8 Å². The third kappa shape index (κ3) is 4.71. The molecule has 1 aromatic heterocycles. The Morgan fingerprint density at radius 3 is 2.79 bits per heavy atom. The van der Waals surface area contributed by atoms with Gasteiger partial charge in [0.2, 0.25) is 0 Å². The number of hydrogen-bond donors (Lipinski definition) is 3. The number of benzene rings is 1. The third-order valence-corrected chi connectivity index (χ3v) is 4.15. The average Bonchev–Trinajstić information content (AvgIpc) is 2.86. The fourth-order valence-corrected chi connectivity index (χ4v) is 2.48. The largest absolute Gasteiger partial charge is 0.459 e. The fourth-order valence-electron chi connectivity index (χ4n) is 2.48. The Bertz CT molecular complexity index is 710. The molecule has 0 radical (unpaired) electrons. The number of rotatable bonds is 7. The number of fused-ring (bicyclic) bond motifs is 1. The Morgan fingerprint density at radius 1 is 1.33 bits per heavy atom. The van der Waals surface area contributed by atoms with Gasteiger partial charge in [-0.25, -0.2) is 9.18 Å². The molecule has 0 saturated carbocycles. The Balaban J connectivity index is 1.81. The van der Waals surface area contributed by atoms with Crippen molar-refractivity contribution in [1.29, 1.82) is 0 Å². The van der Waals surface area contributed by atoms with Crippen LogP contribution < -0.4 is 10.6 Å². The van der Waals surface area contributed by atoms with Crippen LogP contribution >= 0.6 is 0 Å². The summed E-state index contributed by atoms with van der Waals surface area (Å²) in [5, 5.41) is 15.4. The summed E-state index contributed by atoms with van der Waals surface area (Å²) in [7, 11) is 0. The standard InChI is InChI=1S/C18H25FN2O3/c1-12-14-9-13(19)5-6-15(14)24-16(12)10-21-17(23)20-8-4-7-18(2,3)11-22/h5-6,9,22H,4,7-8,10-11H2,1-3H3,(H2,20,21,23). The first-order chi connectivity index (χ1) is 11.3. The second kappa shape index (κ2) is 7.66. The number of furan rings is 1. The lowest BCUT2D eigenvalue weighted by Gasteiger charge is -2.21. The van der Waals surface area contributed by atoms with Crippen LogP contribution in [-0.4, -0.2) is 24.3 Å². The second-order valence-corrected chi connectivity index (χ2v) is 6.83. The van der Waals surface area contributed by atoms with Gasteiger partial charge in [-0.3, -0.25) is 0 Å². The monoisotopic (exact) mass is 336 g/mol. The van der Waals surface area contributed by atoms with E-state index in [4.69, 9.17) is 4.42 Å². The van der Waals surface area contributed by atoms with Crippen LogP contribution in [0.2, 0.25) is 0 Å². The number of hydrogen-bond acceptors (Lipinski definition) is 3. The minimum absolute atomic E-state index is 0.126. The molecule has 0 fully saturated rings. The molecule has 132 valence electrons. The van der Waals surface area contributed by atoms with Crippen molar-refractivity contribution in [3.63, 3.8) is 0 Å². The molecule has 0 aliphatic rings. The van der Waals surface area contributed by atoms with Gasteiger partial charge in [0, 0.05) is 24.1 Å². The van der Waals surface area contributed by atoms with Crippen LogP contribution in [0.1, 0.15) is 38.0 Å². The molecular formula is C18H25FN2O3. The van der Waals surface area contributed by atoms with Crippen molar-refractivity contribution >= 4 is 17.0 Å². The van der Waals surface area contributed by atoms with Crippen LogP contribution in [0.5, 0.6) is 0 Å².